The van der Waals surface area contributed by atoms with Gasteiger partial charge in [-0.3, -0.25) is 0 Å². The third-order valence-corrected chi connectivity index (χ3v) is 4.43. The summed E-state index contributed by atoms with van der Waals surface area (Å²) in [7, 11) is 0. The average molecular weight is 284 g/mol. The van der Waals surface area contributed by atoms with Crippen LogP contribution in [0.25, 0.3) is 0 Å². The van der Waals surface area contributed by atoms with Gasteiger partial charge in [-0.15, -0.1) is 25.3 Å². The highest BCUT2D eigenvalue weighted by Crippen LogP contribution is 2.48. The molecule has 1 aliphatic rings. The number of thiol groups is 2. The summed E-state index contributed by atoms with van der Waals surface area (Å²) >= 11 is 9.40. The highest BCUT2D eigenvalue weighted by Gasteiger charge is 2.34. The Kier molecular flexibility index (Phi) is 3.17. The van der Waals surface area contributed by atoms with Crippen molar-refractivity contribution in [1.29, 1.82) is 5.26 Å². The molecule has 0 amide bonds. The predicted octanol–water partition coefficient (Wildman–Crippen LogP) is 3.94. The maximum Gasteiger partial charge on any atom is 0.0994 e. The summed E-state index contributed by atoms with van der Waals surface area (Å²) in [5.74, 6) is 0. The zero-order chi connectivity index (χ0) is 13.4. The first-order valence-corrected chi connectivity index (χ1v) is 6.99. The number of nitrogens with zero attached hydrogens (tertiary/aromatic N) is 2. The van der Waals surface area contributed by atoms with Gasteiger partial charge in [0.25, 0.3) is 0 Å². The van der Waals surface area contributed by atoms with Crippen LogP contribution in [-0.4, -0.2) is 0 Å². The largest absolute Gasteiger partial charge is 0.340 e. The normalized spacial score (nSPS) is 21.0. The van der Waals surface area contributed by atoms with Crippen molar-refractivity contribution in [2.24, 2.45) is 0 Å². The van der Waals surface area contributed by atoms with Gasteiger partial charge in [-0.05, 0) is 35.4 Å². The van der Waals surface area contributed by atoms with Gasteiger partial charge in [-0.25, -0.2) is 0 Å². The first-order valence-electron chi connectivity index (χ1n) is 5.96. The lowest BCUT2D eigenvalue weighted by molar-refractivity contribution is 0.854. The maximum atomic E-state index is 8.85. The van der Waals surface area contributed by atoms with Gasteiger partial charge < -0.3 is 4.90 Å². The van der Waals surface area contributed by atoms with Crippen molar-refractivity contribution >= 4 is 30.9 Å². The smallest absolute Gasteiger partial charge is 0.0994 e. The Balaban J connectivity index is 2.01. The third kappa shape index (κ3) is 1.99. The van der Waals surface area contributed by atoms with Crippen molar-refractivity contribution < 1.29 is 0 Å². The molecule has 1 aliphatic heterocycles. The van der Waals surface area contributed by atoms with E-state index < -0.39 is 0 Å². The summed E-state index contributed by atoms with van der Waals surface area (Å²) in [5, 5.41) is 8.83. The quantitative estimate of drug-likeness (QED) is 0.776. The molecule has 2 unspecified atom stereocenters. The Morgan fingerprint density at radius 2 is 1.42 bits per heavy atom. The molecule has 0 spiro atoms. The minimum Gasteiger partial charge on any atom is -0.340 e. The molecule has 0 saturated heterocycles. The van der Waals surface area contributed by atoms with Crippen LogP contribution in [0.4, 0.5) is 5.69 Å². The SMILES string of the molecule is N#Cc1ccc(N2C(S)c3ccccc3C2S)cc1. The van der Waals surface area contributed by atoms with Crippen molar-refractivity contribution in [2.45, 2.75) is 10.7 Å². The van der Waals surface area contributed by atoms with Crippen molar-refractivity contribution in [1.82, 2.24) is 0 Å². The van der Waals surface area contributed by atoms with Gasteiger partial charge in [0.05, 0.1) is 22.4 Å². The van der Waals surface area contributed by atoms with E-state index in [4.69, 9.17) is 30.5 Å². The molecule has 0 saturated carbocycles. The highest BCUT2D eigenvalue weighted by molar-refractivity contribution is 7.82. The topological polar surface area (TPSA) is 27.0 Å². The molecule has 1 heterocycles. The molecule has 2 nitrogen and oxygen atoms in total. The standard InChI is InChI=1S/C15H12N2S2/c16-9-10-5-7-11(8-6-10)17-14(18)12-3-1-2-4-13(12)15(17)19/h1-8,14-15,18-19H. The Labute approximate surface area is 123 Å². The molecule has 94 valence electrons. The second-order valence-corrected chi connectivity index (χ2v) is 5.42. The second kappa shape index (κ2) is 4.84. The Morgan fingerprint density at radius 1 is 0.895 bits per heavy atom. The minimum absolute atomic E-state index is 0.00774. The Morgan fingerprint density at radius 3 is 1.89 bits per heavy atom. The fourth-order valence-corrected chi connectivity index (χ4v) is 3.51. The fourth-order valence-electron chi connectivity index (χ4n) is 2.41. The van der Waals surface area contributed by atoms with E-state index in [1.54, 1.807) is 0 Å². The third-order valence-electron chi connectivity index (χ3n) is 3.37. The van der Waals surface area contributed by atoms with Crippen molar-refractivity contribution in [3.63, 3.8) is 0 Å². The summed E-state index contributed by atoms with van der Waals surface area (Å²) < 4.78 is 0. The van der Waals surface area contributed by atoms with E-state index in [0.29, 0.717) is 5.56 Å². The van der Waals surface area contributed by atoms with E-state index >= 15 is 0 Å². The fraction of sp³-hybridized carbons (Fsp3) is 0.133. The molecule has 0 bridgehead atoms. The zero-order valence-corrected chi connectivity index (χ0v) is 11.9. The van der Waals surface area contributed by atoms with E-state index in [2.05, 4.69) is 23.1 Å². The van der Waals surface area contributed by atoms with E-state index in [1.165, 1.54) is 11.1 Å². The summed E-state index contributed by atoms with van der Waals surface area (Å²) in [6, 6.07) is 17.9. The van der Waals surface area contributed by atoms with E-state index in [9.17, 15) is 0 Å². The number of anilines is 1. The number of hydrogen-bond donors (Lipinski definition) is 2. The van der Waals surface area contributed by atoms with Crippen LogP contribution in [0, 0.1) is 11.3 Å². The van der Waals surface area contributed by atoms with Gasteiger partial charge in [0.1, 0.15) is 0 Å². The van der Waals surface area contributed by atoms with Gasteiger partial charge in [-0.1, -0.05) is 24.3 Å². The van der Waals surface area contributed by atoms with Gasteiger partial charge in [0, 0.05) is 5.69 Å². The van der Waals surface area contributed by atoms with Crippen LogP contribution in [0.2, 0.25) is 0 Å². The summed E-state index contributed by atoms with van der Waals surface area (Å²) in [6.07, 6.45) is 0. The Bertz CT molecular complexity index is 617. The molecule has 0 radical (unpaired) electrons. The predicted molar refractivity (Wildman–Crippen MR) is 83.5 cm³/mol. The molecular weight excluding hydrogens is 272 g/mol. The van der Waals surface area contributed by atoms with Gasteiger partial charge in [-0.2, -0.15) is 5.26 Å². The highest BCUT2D eigenvalue weighted by atomic mass is 32.1. The molecule has 0 aromatic heterocycles. The molecule has 0 fully saturated rings. The van der Waals surface area contributed by atoms with Gasteiger partial charge >= 0.3 is 0 Å². The molecule has 0 aliphatic carbocycles. The van der Waals surface area contributed by atoms with Crippen molar-refractivity contribution in [3.05, 3.63) is 65.2 Å². The number of rotatable bonds is 1. The lowest BCUT2D eigenvalue weighted by Gasteiger charge is -2.27. The lowest BCUT2D eigenvalue weighted by atomic mass is 10.1. The molecule has 2 aromatic rings. The van der Waals surface area contributed by atoms with Crippen molar-refractivity contribution in [3.8, 4) is 6.07 Å². The van der Waals surface area contributed by atoms with E-state index in [-0.39, 0.29) is 10.7 Å². The summed E-state index contributed by atoms with van der Waals surface area (Å²) in [6.45, 7) is 0. The van der Waals surface area contributed by atoms with Crippen LogP contribution in [0.3, 0.4) is 0 Å². The van der Waals surface area contributed by atoms with Crippen molar-refractivity contribution in [2.75, 3.05) is 4.90 Å². The van der Waals surface area contributed by atoms with E-state index in [1.807, 2.05) is 36.4 Å². The molecule has 2 atom stereocenters. The van der Waals surface area contributed by atoms with Crippen LogP contribution in [0.15, 0.2) is 48.5 Å². The van der Waals surface area contributed by atoms with Crippen LogP contribution in [0.1, 0.15) is 27.4 Å². The molecule has 19 heavy (non-hydrogen) atoms. The molecular formula is C15H12N2S2. The number of benzene rings is 2. The van der Waals surface area contributed by atoms with Gasteiger partial charge in [0.15, 0.2) is 0 Å². The monoisotopic (exact) mass is 284 g/mol. The number of fused-ring (bicyclic) bond motifs is 1. The van der Waals surface area contributed by atoms with Crippen LogP contribution in [-0.2, 0) is 0 Å². The van der Waals surface area contributed by atoms with Crippen LogP contribution < -0.4 is 4.90 Å². The molecule has 2 aromatic carbocycles. The second-order valence-electron chi connectivity index (χ2n) is 4.44. The molecule has 0 N–H and O–H groups in total. The maximum absolute atomic E-state index is 8.85. The lowest BCUT2D eigenvalue weighted by Crippen LogP contribution is -2.19. The first-order chi connectivity index (χ1) is 9.22. The molecule has 4 heteroatoms. The minimum atomic E-state index is -0.00774. The number of hydrogen-bond acceptors (Lipinski definition) is 4. The zero-order valence-electron chi connectivity index (χ0n) is 10.1. The van der Waals surface area contributed by atoms with E-state index in [0.717, 1.165) is 5.69 Å². The average Bonchev–Trinajstić information content (AvgIpc) is 2.72. The van der Waals surface area contributed by atoms with Crippen LogP contribution >= 0.6 is 25.3 Å². The summed E-state index contributed by atoms with van der Waals surface area (Å²) in [5.41, 5.74) is 4.06. The van der Waals surface area contributed by atoms with Gasteiger partial charge in [0.2, 0.25) is 0 Å². The van der Waals surface area contributed by atoms with Crippen LogP contribution in [0.5, 0.6) is 0 Å². The first kappa shape index (κ1) is 12.5. The summed E-state index contributed by atoms with van der Waals surface area (Å²) in [4.78, 5) is 2.14. The number of nitriles is 1. The Hall–Kier alpha value is -1.57. The molecule has 3 rings (SSSR count).